The fraction of sp³-hybridized carbons (Fsp3) is 0.579. The third kappa shape index (κ3) is 3.75. The van der Waals surface area contributed by atoms with Gasteiger partial charge in [-0.1, -0.05) is 55.3 Å². The van der Waals surface area contributed by atoms with Gasteiger partial charge in [-0.2, -0.15) is 0 Å². The van der Waals surface area contributed by atoms with E-state index in [0.717, 1.165) is 13.0 Å². The second-order valence-electron chi connectivity index (χ2n) is 6.53. The van der Waals surface area contributed by atoms with Gasteiger partial charge in [-0.25, -0.2) is 0 Å². The van der Waals surface area contributed by atoms with Crippen LogP contribution < -0.4 is 0 Å². The maximum atomic E-state index is 10.3. The van der Waals surface area contributed by atoms with Crippen molar-refractivity contribution >= 4 is 6.08 Å². The van der Waals surface area contributed by atoms with Gasteiger partial charge in [-0.15, -0.1) is 0 Å². The maximum Gasteiger partial charge on any atom is 0.0583 e. The lowest BCUT2D eigenvalue weighted by molar-refractivity contribution is 0.0250. The second-order valence-corrected chi connectivity index (χ2v) is 6.53. The zero-order chi connectivity index (χ0) is 14.5. The minimum atomic E-state index is -0.0672. The summed E-state index contributed by atoms with van der Waals surface area (Å²) in [7, 11) is 0. The molecule has 2 aliphatic rings. The van der Waals surface area contributed by atoms with Gasteiger partial charge in [-0.3, -0.25) is 4.90 Å². The molecular weight excluding hydrogens is 258 g/mol. The number of likely N-dealkylation sites (tertiary alicyclic amines) is 1. The number of benzene rings is 1. The van der Waals surface area contributed by atoms with Crippen LogP contribution in [-0.4, -0.2) is 35.2 Å². The van der Waals surface area contributed by atoms with Crippen LogP contribution in [-0.2, 0) is 0 Å². The molecule has 2 heteroatoms. The predicted octanol–water partition coefficient (Wildman–Crippen LogP) is 3.72. The fourth-order valence-corrected chi connectivity index (χ4v) is 4.04. The average molecular weight is 285 g/mol. The van der Waals surface area contributed by atoms with Gasteiger partial charge in [0.05, 0.1) is 6.10 Å². The molecule has 114 valence electrons. The fourth-order valence-electron chi connectivity index (χ4n) is 4.04. The molecule has 1 N–H and O–H groups in total. The van der Waals surface area contributed by atoms with Crippen LogP contribution in [0.3, 0.4) is 0 Å². The van der Waals surface area contributed by atoms with Crippen LogP contribution in [0.15, 0.2) is 36.4 Å². The second kappa shape index (κ2) is 7.24. The van der Waals surface area contributed by atoms with Crippen molar-refractivity contribution in [2.24, 2.45) is 5.92 Å². The Hall–Kier alpha value is -1.12. The third-order valence-corrected chi connectivity index (χ3v) is 5.14. The summed E-state index contributed by atoms with van der Waals surface area (Å²) >= 11 is 0. The third-order valence-electron chi connectivity index (χ3n) is 5.14. The van der Waals surface area contributed by atoms with Crippen molar-refractivity contribution in [2.45, 2.75) is 50.7 Å². The lowest BCUT2D eigenvalue weighted by Gasteiger charge is -2.36. The molecule has 0 radical (unpaired) electrons. The standard InChI is InChI=1S/C19H27NO/c21-19-13-5-4-11-17(19)18-12-7-15-20(18)14-6-10-16-8-2-1-3-9-16/h1-3,6,8-10,17-19,21H,4-5,7,11-15H2/b10-6+. The molecule has 0 amide bonds. The van der Waals surface area contributed by atoms with Gasteiger partial charge in [0, 0.05) is 18.5 Å². The Morgan fingerprint density at radius 3 is 2.67 bits per heavy atom. The van der Waals surface area contributed by atoms with Gasteiger partial charge in [0.15, 0.2) is 0 Å². The van der Waals surface area contributed by atoms with E-state index in [1.54, 1.807) is 0 Å². The van der Waals surface area contributed by atoms with Gasteiger partial charge in [0.2, 0.25) is 0 Å². The molecule has 2 fully saturated rings. The highest BCUT2D eigenvalue weighted by molar-refractivity contribution is 5.48. The molecule has 1 saturated carbocycles. The van der Waals surface area contributed by atoms with Gasteiger partial charge in [-0.05, 0) is 37.8 Å². The van der Waals surface area contributed by atoms with Crippen molar-refractivity contribution < 1.29 is 5.11 Å². The van der Waals surface area contributed by atoms with Crippen molar-refractivity contribution in [3.63, 3.8) is 0 Å². The van der Waals surface area contributed by atoms with Crippen molar-refractivity contribution in [3.8, 4) is 0 Å². The van der Waals surface area contributed by atoms with Crippen LogP contribution in [0.1, 0.15) is 44.1 Å². The van der Waals surface area contributed by atoms with E-state index in [0.29, 0.717) is 12.0 Å². The smallest absolute Gasteiger partial charge is 0.0583 e. The lowest BCUT2D eigenvalue weighted by Crippen LogP contribution is -2.42. The van der Waals surface area contributed by atoms with Crippen LogP contribution in [0.25, 0.3) is 6.08 Å². The van der Waals surface area contributed by atoms with E-state index in [4.69, 9.17) is 0 Å². The molecule has 1 aromatic carbocycles. The SMILES string of the molecule is OC1CCCCC1C1CCCN1C/C=C/c1ccccc1. The normalized spacial score (nSPS) is 31.0. The number of aliphatic hydroxyl groups is 1. The first-order valence-corrected chi connectivity index (χ1v) is 8.48. The Bertz CT molecular complexity index is 456. The highest BCUT2D eigenvalue weighted by atomic mass is 16.3. The van der Waals surface area contributed by atoms with Gasteiger partial charge < -0.3 is 5.11 Å². The molecule has 0 aromatic heterocycles. The van der Waals surface area contributed by atoms with E-state index in [1.807, 2.05) is 0 Å². The summed E-state index contributed by atoms with van der Waals surface area (Å²) in [6.07, 6.45) is 11.7. The molecule has 1 aromatic rings. The molecule has 0 bridgehead atoms. The molecular formula is C19H27NO. The minimum absolute atomic E-state index is 0.0672. The van der Waals surface area contributed by atoms with Gasteiger partial charge in [0.1, 0.15) is 0 Å². The zero-order valence-corrected chi connectivity index (χ0v) is 12.8. The Kier molecular flexibility index (Phi) is 5.10. The van der Waals surface area contributed by atoms with Gasteiger partial charge in [0.25, 0.3) is 0 Å². The van der Waals surface area contributed by atoms with E-state index in [-0.39, 0.29) is 6.10 Å². The van der Waals surface area contributed by atoms with Gasteiger partial charge >= 0.3 is 0 Å². The first kappa shape index (κ1) is 14.8. The van der Waals surface area contributed by atoms with Crippen molar-refractivity contribution in [2.75, 3.05) is 13.1 Å². The summed E-state index contributed by atoms with van der Waals surface area (Å²) in [5.41, 5.74) is 1.27. The average Bonchev–Trinajstić information content (AvgIpc) is 2.97. The monoisotopic (exact) mass is 285 g/mol. The van der Waals surface area contributed by atoms with E-state index < -0.39 is 0 Å². The van der Waals surface area contributed by atoms with E-state index in [2.05, 4.69) is 47.4 Å². The molecule has 3 rings (SSSR count). The topological polar surface area (TPSA) is 23.5 Å². The number of rotatable bonds is 4. The van der Waals surface area contributed by atoms with Crippen molar-refractivity contribution in [3.05, 3.63) is 42.0 Å². The Labute approximate surface area is 128 Å². The molecule has 21 heavy (non-hydrogen) atoms. The quantitative estimate of drug-likeness (QED) is 0.911. The number of nitrogens with zero attached hydrogens (tertiary/aromatic N) is 1. The van der Waals surface area contributed by atoms with E-state index >= 15 is 0 Å². The molecule has 1 aliphatic heterocycles. The van der Waals surface area contributed by atoms with Crippen LogP contribution >= 0.6 is 0 Å². The molecule has 3 unspecified atom stereocenters. The molecule has 1 aliphatic carbocycles. The summed E-state index contributed by atoms with van der Waals surface area (Å²) in [6.45, 7) is 2.20. The molecule has 3 atom stereocenters. The van der Waals surface area contributed by atoms with Crippen LogP contribution in [0.5, 0.6) is 0 Å². The number of aliphatic hydroxyl groups excluding tert-OH is 1. The molecule has 1 heterocycles. The molecule has 1 saturated heterocycles. The summed E-state index contributed by atoms with van der Waals surface area (Å²) in [4.78, 5) is 2.58. The first-order valence-electron chi connectivity index (χ1n) is 8.48. The van der Waals surface area contributed by atoms with Crippen LogP contribution in [0.2, 0.25) is 0 Å². The van der Waals surface area contributed by atoms with E-state index in [1.165, 1.54) is 44.2 Å². The Balaban J connectivity index is 1.58. The summed E-state index contributed by atoms with van der Waals surface area (Å²) in [5.74, 6) is 0.506. The highest BCUT2D eigenvalue weighted by Gasteiger charge is 2.36. The van der Waals surface area contributed by atoms with Crippen molar-refractivity contribution in [1.82, 2.24) is 4.90 Å². The number of hydrogen-bond acceptors (Lipinski definition) is 2. The Morgan fingerprint density at radius 2 is 1.86 bits per heavy atom. The first-order chi connectivity index (χ1) is 10.3. The largest absolute Gasteiger partial charge is 0.393 e. The summed E-state index contributed by atoms with van der Waals surface area (Å²) in [5, 5.41) is 10.3. The lowest BCUT2D eigenvalue weighted by atomic mass is 9.80. The van der Waals surface area contributed by atoms with Crippen molar-refractivity contribution in [1.29, 1.82) is 0 Å². The minimum Gasteiger partial charge on any atom is -0.393 e. The van der Waals surface area contributed by atoms with E-state index in [9.17, 15) is 5.11 Å². The summed E-state index contributed by atoms with van der Waals surface area (Å²) < 4.78 is 0. The molecule has 2 nitrogen and oxygen atoms in total. The van der Waals surface area contributed by atoms with Crippen LogP contribution in [0, 0.1) is 5.92 Å². The highest BCUT2D eigenvalue weighted by Crippen LogP contribution is 2.34. The number of hydrogen-bond donors (Lipinski definition) is 1. The predicted molar refractivity (Wildman–Crippen MR) is 88.0 cm³/mol. The maximum absolute atomic E-state index is 10.3. The van der Waals surface area contributed by atoms with Crippen LogP contribution in [0.4, 0.5) is 0 Å². The zero-order valence-electron chi connectivity index (χ0n) is 12.8. The molecule has 0 spiro atoms. The Morgan fingerprint density at radius 1 is 1.05 bits per heavy atom. The summed E-state index contributed by atoms with van der Waals surface area (Å²) in [6, 6.07) is 11.1.